The predicted octanol–water partition coefficient (Wildman–Crippen LogP) is 1.74. The van der Waals surface area contributed by atoms with E-state index in [1.54, 1.807) is 0 Å². The highest BCUT2D eigenvalue weighted by atomic mass is 79.9. The lowest BCUT2D eigenvalue weighted by molar-refractivity contribution is 0.454. The van der Waals surface area contributed by atoms with Crippen molar-refractivity contribution in [1.29, 1.82) is 0 Å². The Bertz CT molecular complexity index is 295. The van der Waals surface area contributed by atoms with Gasteiger partial charge in [-0.05, 0) is 17.7 Å². The number of hydrogen-bond donors (Lipinski definition) is 3. The van der Waals surface area contributed by atoms with Gasteiger partial charge in [0, 0.05) is 16.4 Å². The standard InChI is InChI=1S/C11H18BrN3/c1-11(2,7-14-8-15-13)9-3-5-10(12)6-4-9/h3-6,14-15H,7-8,13H2,1-2H3. The third-order valence-electron chi connectivity index (χ3n) is 2.42. The first kappa shape index (κ1) is 12.6. The maximum atomic E-state index is 5.20. The fourth-order valence-electron chi connectivity index (χ4n) is 1.45. The minimum absolute atomic E-state index is 0.109. The molecule has 0 aliphatic carbocycles. The van der Waals surface area contributed by atoms with Crippen LogP contribution in [0.2, 0.25) is 0 Å². The van der Waals surface area contributed by atoms with Gasteiger partial charge in [-0.15, -0.1) is 0 Å². The first-order valence-corrected chi connectivity index (χ1v) is 5.76. The SMILES string of the molecule is CC(C)(CNCNN)c1ccc(Br)cc1. The molecule has 4 heteroatoms. The van der Waals surface area contributed by atoms with Crippen LogP contribution in [0.5, 0.6) is 0 Å². The summed E-state index contributed by atoms with van der Waals surface area (Å²) in [5, 5.41) is 3.24. The Kier molecular flexibility index (Phi) is 4.73. The van der Waals surface area contributed by atoms with Crippen LogP contribution in [0, 0.1) is 0 Å². The molecule has 0 bridgehead atoms. The van der Waals surface area contributed by atoms with Crippen LogP contribution in [0.15, 0.2) is 28.7 Å². The number of nitrogens with two attached hydrogens (primary N) is 1. The second kappa shape index (κ2) is 5.61. The Balaban J connectivity index is 2.63. The average Bonchev–Trinajstić information content (AvgIpc) is 2.18. The summed E-state index contributed by atoms with van der Waals surface area (Å²) in [5.74, 6) is 5.20. The highest BCUT2D eigenvalue weighted by Gasteiger charge is 2.19. The van der Waals surface area contributed by atoms with Crippen molar-refractivity contribution in [2.24, 2.45) is 5.84 Å². The third kappa shape index (κ3) is 3.91. The molecule has 84 valence electrons. The molecule has 0 fully saturated rings. The Morgan fingerprint density at radius 3 is 2.40 bits per heavy atom. The van der Waals surface area contributed by atoms with Gasteiger partial charge < -0.3 is 5.32 Å². The topological polar surface area (TPSA) is 50.1 Å². The van der Waals surface area contributed by atoms with Gasteiger partial charge in [-0.3, -0.25) is 5.84 Å². The molecule has 0 radical (unpaired) electrons. The Hall–Kier alpha value is -0.420. The summed E-state index contributed by atoms with van der Waals surface area (Å²) in [5.41, 5.74) is 4.01. The van der Waals surface area contributed by atoms with Crippen molar-refractivity contribution in [3.63, 3.8) is 0 Å². The maximum Gasteiger partial charge on any atom is 0.0587 e. The molecule has 0 heterocycles. The number of benzene rings is 1. The van der Waals surface area contributed by atoms with Gasteiger partial charge in [0.2, 0.25) is 0 Å². The van der Waals surface area contributed by atoms with Crippen LogP contribution in [0.3, 0.4) is 0 Å². The summed E-state index contributed by atoms with van der Waals surface area (Å²) >= 11 is 3.43. The largest absolute Gasteiger partial charge is 0.303 e. The molecule has 0 aliphatic rings. The molecule has 1 aromatic rings. The Morgan fingerprint density at radius 2 is 1.87 bits per heavy atom. The normalized spacial score (nSPS) is 11.7. The highest BCUT2D eigenvalue weighted by Crippen LogP contribution is 2.23. The second-order valence-electron chi connectivity index (χ2n) is 4.20. The van der Waals surface area contributed by atoms with Crippen molar-refractivity contribution >= 4 is 15.9 Å². The van der Waals surface area contributed by atoms with Gasteiger partial charge in [-0.25, -0.2) is 5.43 Å². The fourth-order valence-corrected chi connectivity index (χ4v) is 1.71. The molecule has 0 aromatic heterocycles. The summed E-state index contributed by atoms with van der Waals surface area (Å²) in [6.45, 7) is 5.93. The summed E-state index contributed by atoms with van der Waals surface area (Å²) in [6.07, 6.45) is 0. The van der Waals surface area contributed by atoms with E-state index in [2.05, 4.69) is 64.8 Å². The first-order valence-electron chi connectivity index (χ1n) is 4.96. The lowest BCUT2D eigenvalue weighted by atomic mass is 9.85. The molecule has 0 saturated carbocycles. The molecule has 0 aliphatic heterocycles. The number of hydrazine groups is 1. The van der Waals surface area contributed by atoms with Crippen molar-refractivity contribution in [3.05, 3.63) is 34.3 Å². The molecule has 0 saturated heterocycles. The number of halogens is 1. The van der Waals surface area contributed by atoms with E-state index in [4.69, 9.17) is 5.84 Å². The Labute approximate surface area is 99.5 Å². The molecular formula is C11H18BrN3. The van der Waals surface area contributed by atoms with E-state index in [-0.39, 0.29) is 5.41 Å². The van der Waals surface area contributed by atoms with Crippen LogP contribution >= 0.6 is 15.9 Å². The molecule has 0 unspecified atom stereocenters. The minimum Gasteiger partial charge on any atom is -0.303 e. The van der Waals surface area contributed by atoms with Gasteiger partial charge in [0.05, 0.1) is 6.67 Å². The van der Waals surface area contributed by atoms with Crippen LogP contribution in [0.1, 0.15) is 19.4 Å². The summed E-state index contributed by atoms with van der Waals surface area (Å²) < 4.78 is 1.11. The van der Waals surface area contributed by atoms with Crippen molar-refractivity contribution in [2.45, 2.75) is 19.3 Å². The van der Waals surface area contributed by atoms with Crippen molar-refractivity contribution in [2.75, 3.05) is 13.2 Å². The zero-order chi connectivity index (χ0) is 11.3. The molecule has 3 nitrogen and oxygen atoms in total. The summed E-state index contributed by atoms with van der Waals surface area (Å²) in [6, 6.07) is 8.42. The van der Waals surface area contributed by atoms with Crippen LogP contribution < -0.4 is 16.6 Å². The molecule has 15 heavy (non-hydrogen) atoms. The number of rotatable bonds is 5. The molecular weight excluding hydrogens is 254 g/mol. The maximum absolute atomic E-state index is 5.20. The number of nitrogens with one attached hydrogen (secondary N) is 2. The molecule has 1 rings (SSSR count). The molecule has 1 aromatic carbocycles. The number of hydrogen-bond acceptors (Lipinski definition) is 3. The molecule has 0 atom stereocenters. The van der Waals surface area contributed by atoms with Crippen LogP contribution in [-0.2, 0) is 5.41 Å². The van der Waals surface area contributed by atoms with E-state index in [1.807, 2.05) is 0 Å². The van der Waals surface area contributed by atoms with E-state index in [0.717, 1.165) is 11.0 Å². The van der Waals surface area contributed by atoms with Gasteiger partial charge in [0.1, 0.15) is 0 Å². The molecule has 0 amide bonds. The third-order valence-corrected chi connectivity index (χ3v) is 2.95. The lowest BCUT2D eigenvalue weighted by Gasteiger charge is -2.25. The first-order chi connectivity index (χ1) is 7.06. The van der Waals surface area contributed by atoms with Crippen LogP contribution in [-0.4, -0.2) is 13.2 Å². The monoisotopic (exact) mass is 271 g/mol. The van der Waals surface area contributed by atoms with E-state index in [1.165, 1.54) is 5.56 Å². The highest BCUT2D eigenvalue weighted by molar-refractivity contribution is 9.10. The van der Waals surface area contributed by atoms with E-state index in [0.29, 0.717) is 6.67 Å². The van der Waals surface area contributed by atoms with Gasteiger partial charge in [-0.1, -0.05) is 41.9 Å². The van der Waals surface area contributed by atoms with Crippen molar-refractivity contribution in [3.8, 4) is 0 Å². The summed E-state index contributed by atoms with van der Waals surface area (Å²) in [4.78, 5) is 0. The zero-order valence-corrected chi connectivity index (χ0v) is 10.8. The Morgan fingerprint density at radius 1 is 1.27 bits per heavy atom. The van der Waals surface area contributed by atoms with Crippen molar-refractivity contribution in [1.82, 2.24) is 10.7 Å². The molecule has 0 spiro atoms. The van der Waals surface area contributed by atoms with E-state index < -0.39 is 0 Å². The van der Waals surface area contributed by atoms with Gasteiger partial charge in [-0.2, -0.15) is 0 Å². The van der Waals surface area contributed by atoms with E-state index in [9.17, 15) is 0 Å². The van der Waals surface area contributed by atoms with Crippen LogP contribution in [0.4, 0.5) is 0 Å². The zero-order valence-electron chi connectivity index (χ0n) is 9.18. The predicted molar refractivity (Wildman–Crippen MR) is 67.4 cm³/mol. The van der Waals surface area contributed by atoms with Gasteiger partial charge in [0.15, 0.2) is 0 Å². The van der Waals surface area contributed by atoms with Gasteiger partial charge >= 0.3 is 0 Å². The fraction of sp³-hybridized carbons (Fsp3) is 0.455. The molecule has 4 N–H and O–H groups in total. The quantitative estimate of drug-likeness (QED) is 0.331. The second-order valence-corrected chi connectivity index (χ2v) is 5.11. The van der Waals surface area contributed by atoms with E-state index >= 15 is 0 Å². The minimum atomic E-state index is 0.109. The smallest absolute Gasteiger partial charge is 0.0587 e. The average molecular weight is 272 g/mol. The lowest BCUT2D eigenvalue weighted by Crippen LogP contribution is -2.40. The van der Waals surface area contributed by atoms with Crippen molar-refractivity contribution < 1.29 is 0 Å². The van der Waals surface area contributed by atoms with Gasteiger partial charge in [0.25, 0.3) is 0 Å². The van der Waals surface area contributed by atoms with Crippen LogP contribution in [0.25, 0.3) is 0 Å². The summed E-state index contributed by atoms with van der Waals surface area (Å²) in [7, 11) is 0.